The Kier molecular flexibility index (Phi) is 7.23. The molecule has 0 saturated heterocycles. The molecular weight excluding hydrogens is 477 g/mol. The number of nitrogens with zero attached hydrogens (tertiary/aromatic N) is 2. The van der Waals surface area contributed by atoms with Gasteiger partial charge in [0, 0.05) is 10.9 Å². The largest absolute Gasteiger partial charge is 0.497 e. The molecule has 11 heteroatoms. The lowest BCUT2D eigenvalue weighted by molar-refractivity contribution is -0.130. The molecule has 174 valence electrons. The van der Waals surface area contributed by atoms with Crippen LogP contribution in [0.4, 0.5) is 24.0 Å². The summed E-state index contributed by atoms with van der Waals surface area (Å²) in [5, 5.41) is 1.82. The number of anilines is 2. The van der Waals surface area contributed by atoms with Crippen molar-refractivity contribution >= 4 is 37.9 Å². The van der Waals surface area contributed by atoms with Gasteiger partial charge in [-0.25, -0.2) is 13.4 Å². The first-order chi connectivity index (χ1) is 15.6. The van der Waals surface area contributed by atoms with Crippen LogP contribution in [0.25, 0.3) is 11.3 Å². The molecule has 0 fully saturated rings. The number of rotatable bonds is 8. The number of carbonyl (C=O) groups excluding carboxylic acids is 1. The molecule has 0 aliphatic rings. The quantitative estimate of drug-likeness (QED) is 0.391. The average molecular weight is 497 g/mol. The summed E-state index contributed by atoms with van der Waals surface area (Å²) in [7, 11) is -2.82. The third-order valence-electron chi connectivity index (χ3n) is 4.56. The standard InChI is InChI=1S/C22H19F3N2O4S2/c1-3-20(28)27(21-26-17(14-32-21)15-8-10-16(31-2)11-9-15)18-6-4-5-7-19(18)33(29,30)13-12-22(23,24)25/h3-11,14H,1,12-13H2,2H3. The fourth-order valence-corrected chi connectivity index (χ4v) is 5.27. The van der Waals surface area contributed by atoms with Gasteiger partial charge in [0.25, 0.3) is 5.91 Å². The van der Waals surface area contributed by atoms with Gasteiger partial charge in [0.05, 0.1) is 35.6 Å². The highest BCUT2D eigenvalue weighted by Crippen LogP contribution is 2.37. The predicted molar refractivity (Wildman–Crippen MR) is 121 cm³/mol. The third-order valence-corrected chi connectivity index (χ3v) is 7.14. The number of hydrogen-bond acceptors (Lipinski definition) is 6. The number of thiazole rings is 1. The van der Waals surface area contributed by atoms with Crippen LogP contribution in [0.1, 0.15) is 6.42 Å². The molecule has 3 rings (SSSR count). The number of sulfone groups is 1. The second-order valence-electron chi connectivity index (χ2n) is 6.77. The summed E-state index contributed by atoms with van der Waals surface area (Å²) in [4.78, 5) is 17.8. The predicted octanol–water partition coefficient (Wildman–Crippen LogP) is 5.40. The number of carbonyl (C=O) groups is 1. The number of para-hydroxylation sites is 1. The van der Waals surface area contributed by atoms with Crippen LogP contribution in [0, 0.1) is 0 Å². The lowest BCUT2D eigenvalue weighted by Gasteiger charge is -2.21. The van der Waals surface area contributed by atoms with Crippen molar-refractivity contribution in [1.82, 2.24) is 4.98 Å². The zero-order valence-electron chi connectivity index (χ0n) is 17.4. The van der Waals surface area contributed by atoms with Crippen molar-refractivity contribution in [2.45, 2.75) is 17.5 Å². The molecule has 1 aromatic heterocycles. The minimum atomic E-state index is -4.64. The van der Waals surface area contributed by atoms with E-state index in [2.05, 4.69) is 11.6 Å². The molecule has 6 nitrogen and oxygen atoms in total. The molecule has 0 N–H and O–H groups in total. The zero-order valence-corrected chi connectivity index (χ0v) is 19.0. The van der Waals surface area contributed by atoms with Gasteiger partial charge >= 0.3 is 6.18 Å². The summed E-state index contributed by atoms with van der Waals surface area (Å²) in [6.45, 7) is 3.45. The highest BCUT2D eigenvalue weighted by Gasteiger charge is 2.33. The Morgan fingerprint density at radius 3 is 2.45 bits per heavy atom. The van der Waals surface area contributed by atoms with Gasteiger partial charge in [-0.05, 0) is 42.5 Å². The van der Waals surface area contributed by atoms with Crippen molar-refractivity contribution in [3.05, 3.63) is 66.6 Å². The van der Waals surface area contributed by atoms with Crippen molar-refractivity contribution in [1.29, 1.82) is 0 Å². The minimum Gasteiger partial charge on any atom is -0.497 e. The van der Waals surface area contributed by atoms with Gasteiger partial charge in [-0.3, -0.25) is 9.69 Å². The minimum absolute atomic E-state index is 0.0970. The van der Waals surface area contributed by atoms with Crippen LogP contribution in [0.5, 0.6) is 5.75 Å². The van der Waals surface area contributed by atoms with Crippen LogP contribution in [-0.2, 0) is 14.6 Å². The highest BCUT2D eigenvalue weighted by atomic mass is 32.2. The normalized spacial score (nSPS) is 11.8. The van der Waals surface area contributed by atoms with Crippen LogP contribution in [0.2, 0.25) is 0 Å². The Bertz CT molecular complexity index is 1250. The van der Waals surface area contributed by atoms with Gasteiger partial charge in [0.15, 0.2) is 15.0 Å². The summed E-state index contributed by atoms with van der Waals surface area (Å²) in [5.41, 5.74) is 1.16. The first-order valence-corrected chi connectivity index (χ1v) is 12.0. The number of amides is 1. The van der Waals surface area contributed by atoms with Crippen LogP contribution in [0.15, 0.2) is 71.5 Å². The Hall–Kier alpha value is -3.18. The molecule has 2 aromatic carbocycles. The molecule has 0 unspecified atom stereocenters. The van der Waals surface area contributed by atoms with E-state index in [1.807, 2.05) is 0 Å². The number of halogens is 3. The molecule has 0 radical (unpaired) electrons. The summed E-state index contributed by atoms with van der Waals surface area (Å²) >= 11 is 1.08. The van der Waals surface area contributed by atoms with E-state index in [0.29, 0.717) is 11.4 Å². The zero-order chi connectivity index (χ0) is 24.2. The second kappa shape index (κ2) is 9.75. The molecule has 1 amide bonds. The van der Waals surface area contributed by atoms with Crippen LogP contribution in [-0.4, -0.2) is 38.3 Å². The molecule has 0 aliphatic heterocycles. The van der Waals surface area contributed by atoms with Gasteiger partial charge in [-0.15, -0.1) is 11.3 Å². The SMILES string of the molecule is C=CC(=O)N(c1nc(-c2ccc(OC)cc2)cs1)c1ccccc1S(=O)(=O)CCC(F)(F)F. The molecule has 0 aliphatic carbocycles. The van der Waals surface area contributed by atoms with Gasteiger partial charge in [-0.1, -0.05) is 18.7 Å². The number of hydrogen-bond donors (Lipinski definition) is 0. The van der Waals surface area contributed by atoms with E-state index in [9.17, 15) is 26.4 Å². The Balaban J connectivity index is 2.04. The maximum absolute atomic E-state index is 12.7. The summed E-state index contributed by atoms with van der Waals surface area (Å²) in [6.07, 6.45) is -5.16. The molecule has 0 bridgehead atoms. The average Bonchev–Trinajstić information content (AvgIpc) is 3.27. The maximum Gasteiger partial charge on any atom is 0.390 e. The Morgan fingerprint density at radius 2 is 1.85 bits per heavy atom. The third kappa shape index (κ3) is 5.79. The summed E-state index contributed by atoms with van der Waals surface area (Å²) in [6, 6.07) is 12.4. The molecular formula is C22H19F3N2O4S2. The van der Waals surface area contributed by atoms with E-state index in [1.165, 1.54) is 31.4 Å². The fraction of sp³-hybridized carbons (Fsp3) is 0.182. The molecule has 0 spiro atoms. The van der Waals surface area contributed by atoms with Crippen LogP contribution < -0.4 is 9.64 Å². The first-order valence-electron chi connectivity index (χ1n) is 9.51. The van der Waals surface area contributed by atoms with E-state index in [-0.39, 0.29) is 10.8 Å². The Labute approximate surface area is 192 Å². The monoisotopic (exact) mass is 496 g/mol. The van der Waals surface area contributed by atoms with E-state index in [0.717, 1.165) is 27.9 Å². The number of benzene rings is 2. The van der Waals surface area contributed by atoms with E-state index >= 15 is 0 Å². The topological polar surface area (TPSA) is 76.6 Å². The van der Waals surface area contributed by atoms with Crippen LogP contribution in [0.3, 0.4) is 0 Å². The van der Waals surface area contributed by atoms with E-state index in [4.69, 9.17) is 4.74 Å². The molecule has 1 heterocycles. The molecule has 33 heavy (non-hydrogen) atoms. The number of methoxy groups -OCH3 is 1. The van der Waals surface area contributed by atoms with Crippen molar-refractivity contribution in [3.8, 4) is 17.0 Å². The second-order valence-corrected chi connectivity index (χ2v) is 9.69. The van der Waals surface area contributed by atoms with E-state index in [1.54, 1.807) is 29.6 Å². The van der Waals surface area contributed by atoms with Crippen LogP contribution >= 0.6 is 11.3 Å². The van der Waals surface area contributed by atoms with Crippen molar-refractivity contribution in [3.63, 3.8) is 0 Å². The van der Waals surface area contributed by atoms with Crippen molar-refractivity contribution in [2.24, 2.45) is 0 Å². The fourth-order valence-electron chi connectivity index (χ4n) is 2.93. The molecule has 3 aromatic rings. The molecule has 0 saturated carbocycles. The van der Waals surface area contributed by atoms with Crippen molar-refractivity contribution < 1.29 is 31.1 Å². The van der Waals surface area contributed by atoms with Gasteiger partial charge < -0.3 is 4.74 Å². The number of alkyl halides is 3. The maximum atomic E-state index is 12.7. The van der Waals surface area contributed by atoms with E-state index < -0.39 is 39.0 Å². The first kappa shape index (κ1) is 24.5. The number of aromatic nitrogens is 1. The summed E-state index contributed by atoms with van der Waals surface area (Å²) in [5.74, 6) is -1.17. The van der Waals surface area contributed by atoms with Gasteiger partial charge in [0.1, 0.15) is 5.75 Å². The Morgan fingerprint density at radius 1 is 1.18 bits per heavy atom. The van der Waals surface area contributed by atoms with Gasteiger partial charge in [0.2, 0.25) is 0 Å². The lowest BCUT2D eigenvalue weighted by atomic mass is 10.2. The van der Waals surface area contributed by atoms with Gasteiger partial charge in [-0.2, -0.15) is 13.2 Å². The smallest absolute Gasteiger partial charge is 0.390 e. The lowest BCUT2D eigenvalue weighted by Crippen LogP contribution is -2.26. The highest BCUT2D eigenvalue weighted by molar-refractivity contribution is 7.91. The van der Waals surface area contributed by atoms with Crippen molar-refractivity contribution in [2.75, 3.05) is 17.8 Å². The molecule has 0 atom stereocenters. The number of ether oxygens (including phenoxy) is 1. The summed E-state index contributed by atoms with van der Waals surface area (Å²) < 4.78 is 68.6.